The van der Waals surface area contributed by atoms with Crippen molar-refractivity contribution in [2.45, 2.75) is 31.5 Å². The van der Waals surface area contributed by atoms with E-state index in [-0.39, 0.29) is 24.7 Å². The summed E-state index contributed by atoms with van der Waals surface area (Å²) in [4.78, 5) is 27.7. The number of hydrogen-bond donors (Lipinski definition) is 1. The van der Waals surface area contributed by atoms with Crippen molar-refractivity contribution in [2.75, 3.05) is 33.2 Å². The Morgan fingerprint density at radius 2 is 1.92 bits per heavy atom. The van der Waals surface area contributed by atoms with Crippen LogP contribution in [-0.2, 0) is 20.9 Å². The second kappa shape index (κ2) is 9.50. The summed E-state index contributed by atoms with van der Waals surface area (Å²) in [6.07, 6.45) is 1.25. The average Bonchev–Trinajstić information content (AvgIpc) is 2.67. The summed E-state index contributed by atoms with van der Waals surface area (Å²) in [5.74, 6) is 0.0746. The van der Waals surface area contributed by atoms with Gasteiger partial charge in [0.05, 0.1) is 0 Å². The number of rotatable bonds is 9. The minimum atomic E-state index is -1.77. The van der Waals surface area contributed by atoms with E-state index in [0.29, 0.717) is 19.1 Å². The van der Waals surface area contributed by atoms with Crippen LogP contribution in [0.1, 0.15) is 24.8 Å². The highest BCUT2D eigenvalue weighted by Crippen LogP contribution is 2.23. The summed E-state index contributed by atoms with van der Waals surface area (Å²) in [6.45, 7) is 7.12. The lowest BCUT2D eigenvalue weighted by Crippen LogP contribution is -2.47. The third-order valence-electron chi connectivity index (χ3n) is 4.74. The number of piperazine rings is 1. The fraction of sp³-hybridized carbons (Fsp3) is 0.500. The van der Waals surface area contributed by atoms with Crippen molar-refractivity contribution in [3.63, 3.8) is 0 Å². The van der Waals surface area contributed by atoms with E-state index in [1.165, 1.54) is 0 Å². The maximum absolute atomic E-state index is 12.2. The maximum atomic E-state index is 12.2. The molecule has 142 valence electrons. The second-order valence-corrected chi connectivity index (χ2v) is 6.78. The molecule has 1 fully saturated rings. The molecule has 1 aromatic rings. The molecular formula is C20H28N2O4. The largest absolute Gasteiger partial charge is 0.490 e. The number of amides is 1. The van der Waals surface area contributed by atoms with Crippen LogP contribution < -0.4 is 0 Å². The number of likely N-dealkylation sites (N-methyl/N-ethyl adjacent to an activating group) is 1. The molecule has 26 heavy (non-hydrogen) atoms. The van der Waals surface area contributed by atoms with Gasteiger partial charge in [-0.15, -0.1) is 0 Å². The first-order valence-corrected chi connectivity index (χ1v) is 8.96. The molecule has 1 aromatic carbocycles. The minimum absolute atomic E-state index is 0.0170. The highest BCUT2D eigenvalue weighted by molar-refractivity contribution is 5.76. The zero-order valence-corrected chi connectivity index (χ0v) is 15.4. The van der Waals surface area contributed by atoms with Crippen LogP contribution in [0.2, 0.25) is 0 Å². The molecule has 0 bridgehead atoms. The van der Waals surface area contributed by atoms with Crippen LogP contribution in [0.15, 0.2) is 42.7 Å². The number of carbonyl (C=O) groups excluding carboxylic acids is 2. The van der Waals surface area contributed by atoms with Crippen molar-refractivity contribution >= 4 is 12.2 Å². The Labute approximate surface area is 155 Å². The molecule has 0 saturated carbocycles. The van der Waals surface area contributed by atoms with Gasteiger partial charge in [-0.05, 0) is 25.5 Å². The molecule has 1 amide bonds. The smallest absolute Gasteiger partial charge is 0.222 e. The number of carbonyl (C=O) groups is 2. The molecule has 6 nitrogen and oxygen atoms in total. The van der Waals surface area contributed by atoms with Crippen LogP contribution >= 0.6 is 0 Å². The predicted molar refractivity (Wildman–Crippen MR) is 99.3 cm³/mol. The highest BCUT2D eigenvalue weighted by atomic mass is 16.5. The van der Waals surface area contributed by atoms with E-state index in [2.05, 4.69) is 11.5 Å². The topological polar surface area (TPSA) is 70.1 Å². The van der Waals surface area contributed by atoms with Crippen LogP contribution in [0, 0.1) is 0 Å². The molecule has 0 aromatic heterocycles. The SMILES string of the molecule is C=C(OCc1ccccc1)C(O)(C=O)CCCC(=O)N1CCN(C)CC1. The molecule has 0 spiro atoms. The van der Waals surface area contributed by atoms with Gasteiger partial charge in [0.25, 0.3) is 0 Å². The zero-order chi connectivity index (χ0) is 19.0. The lowest BCUT2D eigenvalue weighted by Gasteiger charge is -2.32. The van der Waals surface area contributed by atoms with Crippen LogP contribution in [-0.4, -0.2) is 65.9 Å². The summed E-state index contributed by atoms with van der Waals surface area (Å²) in [7, 11) is 2.03. The van der Waals surface area contributed by atoms with E-state index in [4.69, 9.17) is 4.74 Å². The Kier molecular flexibility index (Phi) is 7.36. The molecule has 1 heterocycles. The zero-order valence-electron chi connectivity index (χ0n) is 15.4. The molecule has 2 rings (SSSR count). The van der Waals surface area contributed by atoms with Gasteiger partial charge >= 0.3 is 0 Å². The quantitative estimate of drug-likeness (QED) is 0.535. The van der Waals surface area contributed by atoms with Gasteiger partial charge in [0.15, 0.2) is 11.9 Å². The third kappa shape index (κ3) is 5.68. The van der Waals surface area contributed by atoms with Gasteiger partial charge in [0.1, 0.15) is 12.4 Å². The average molecular weight is 360 g/mol. The Morgan fingerprint density at radius 1 is 1.27 bits per heavy atom. The van der Waals surface area contributed by atoms with Gasteiger partial charge in [-0.25, -0.2) is 0 Å². The van der Waals surface area contributed by atoms with Crippen LogP contribution in [0.5, 0.6) is 0 Å². The molecule has 1 unspecified atom stereocenters. The molecule has 0 radical (unpaired) electrons. The predicted octanol–water partition coefficient (Wildman–Crippen LogP) is 1.59. The molecule has 0 aliphatic carbocycles. The Balaban J connectivity index is 1.78. The number of nitrogens with zero attached hydrogens (tertiary/aromatic N) is 2. The Morgan fingerprint density at radius 3 is 2.54 bits per heavy atom. The van der Waals surface area contributed by atoms with Crippen LogP contribution in [0.25, 0.3) is 0 Å². The van der Waals surface area contributed by atoms with Gasteiger partial charge < -0.3 is 19.6 Å². The van der Waals surface area contributed by atoms with Crippen LogP contribution in [0.3, 0.4) is 0 Å². The molecule has 1 saturated heterocycles. The van der Waals surface area contributed by atoms with E-state index in [1.807, 2.05) is 42.3 Å². The fourth-order valence-electron chi connectivity index (χ4n) is 2.86. The van der Waals surface area contributed by atoms with Gasteiger partial charge in [-0.1, -0.05) is 36.9 Å². The van der Waals surface area contributed by atoms with E-state index in [0.717, 1.165) is 31.7 Å². The lowest BCUT2D eigenvalue weighted by atomic mass is 9.96. The summed E-state index contributed by atoms with van der Waals surface area (Å²) < 4.78 is 5.49. The highest BCUT2D eigenvalue weighted by Gasteiger charge is 2.32. The van der Waals surface area contributed by atoms with Crippen molar-refractivity contribution in [1.82, 2.24) is 9.80 Å². The van der Waals surface area contributed by atoms with E-state index in [9.17, 15) is 14.7 Å². The Bertz CT molecular complexity index is 611. The maximum Gasteiger partial charge on any atom is 0.222 e. The first-order valence-electron chi connectivity index (χ1n) is 8.96. The first kappa shape index (κ1) is 20.1. The lowest BCUT2D eigenvalue weighted by molar-refractivity contribution is -0.134. The van der Waals surface area contributed by atoms with Crippen molar-refractivity contribution in [1.29, 1.82) is 0 Å². The molecule has 1 N–H and O–H groups in total. The number of hydrogen-bond acceptors (Lipinski definition) is 5. The van der Waals surface area contributed by atoms with Gasteiger partial charge in [-0.3, -0.25) is 9.59 Å². The van der Waals surface area contributed by atoms with Crippen molar-refractivity contribution in [3.8, 4) is 0 Å². The summed E-state index contributed by atoms with van der Waals surface area (Å²) in [5.41, 5.74) is -0.843. The van der Waals surface area contributed by atoms with Gasteiger partial charge in [0, 0.05) is 32.6 Å². The van der Waals surface area contributed by atoms with Crippen molar-refractivity contribution in [3.05, 3.63) is 48.2 Å². The number of ether oxygens (including phenoxy) is 1. The molecule has 1 atom stereocenters. The van der Waals surface area contributed by atoms with Crippen molar-refractivity contribution < 1.29 is 19.4 Å². The Hall–Kier alpha value is -2.18. The molecule has 1 aliphatic heterocycles. The molecule has 1 aliphatic rings. The van der Waals surface area contributed by atoms with Crippen molar-refractivity contribution in [2.24, 2.45) is 0 Å². The fourth-order valence-corrected chi connectivity index (χ4v) is 2.86. The standard InChI is InChI=1S/C20H28N2O4/c1-17(26-15-18-7-4-3-5-8-18)20(25,16-23)10-6-9-19(24)22-13-11-21(2)12-14-22/h3-5,7-8,16,25H,1,6,9-15H2,2H3. The van der Waals surface area contributed by atoms with E-state index >= 15 is 0 Å². The number of benzene rings is 1. The molecule has 6 heteroatoms. The number of aliphatic hydroxyl groups is 1. The summed E-state index contributed by atoms with van der Waals surface area (Å²) in [5, 5.41) is 10.5. The number of aldehydes is 1. The summed E-state index contributed by atoms with van der Waals surface area (Å²) >= 11 is 0. The monoisotopic (exact) mass is 360 g/mol. The normalized spacial score (nSPS) is 17.4. The van der Waals surface area contributed by atoms with Crippen LogP contribution in [0.4, 0.5) is 0 Å². The second-order valence-electron chi connectivity index (χ2n) is 6.78. The summed E-state index contributed by atoms with van der Waals surface area (Å²) in [6, 6.07) is 9.45. The first-order chi connectivity index (χ1) is 12.4. The van der Waals surface area contributed by atoms with E-state index < -0.39 is 5.60 Å². The van der Waals surface area contributed by atoms with Gasteiger partial charge in [0.2, 0.25) is 5.91 Å². The van der Waals surface area contributed by atoms with Gasteiger partial charge in [-0.2, -0.15) is 0 Å². The third-order valence-corrected chi connectivity index (χ3v) is 4.74. The van der Waals surface area contributed by atoms with E-state index in [1.54, 1.807) is 0 Å². The molecular weight excluding hydrogens is 332 g/mol. The minimum Gasteiger partial charge on any atom is -0.490 e.